The Hall–Kier alpha value is -1.69. The molecule has 1 aromatic heterocycles. The average Bonchev–Trinajstić information content (AvgIpc) is 2.88. The van der Waals surface area contributed by atoms with Crippen molar-refractivity contribution in [1.29, 1.82) is 0 Å². The van der Waals surface area contributed by atoms with Crippen LogP contribution in [0.25, 0.3) is 11.4 Å². The quantitative estimate of drug-likeness (QED) is 0.800. The third-order valence-electron chi connectivity index (χ3n) is 2.77. The van der Waals surface area contributed by atoms with Crippen LogP contribution in [-0.4, -0.2) is 27.4 Å². The molecule has 1 aromatic carbocycles. The first-order chi connectivity index (χ1) is 9.50. The molecule has 5 nitrogen and oxygen atoms in total. The van der Waals surface area contributed by atoms with Crippen LogP contribution in [0.15, 0.2) is 41.4 Å². The summed E-state index contributed by atoms with van der Waals surface area (Å²) < 4.78 is 5.13. The van der Waals surface area contributed by atoms with Gasteiger partial charge in [-0.05, 0) is 31.2 Å². The van der Waals surface area contributed by atoms with E-state index >= 15 is 0 Å². The summed E-state index contributed by atoms with van der Waals surface area (Å²) in [7, 11) is 0. The van der Waals surface area contributed by atoms with Gasteiger partial charge < -0.3 is 14.9 Å². The van der Waals surface area contributed by atoms with Crippen LogP contribution in [0, 0.1) is 0 Å². The number of benzene rings is 1. The molecule has 0 aliphatic heterocycles. The van der Waals surface area contributed by atoms with Crippen molar-refractivity contribution in [2.75, 3.05) is 6.54 Å². The molecule has 2 aromatic rings. The standard InChI is InChI=1S/C14H16ClN3O2/c1-3-14(2,19)9-16-8-12-17-13(18-20-12)10-4-6-11(15)7-5-10/h3-7,16,19H,1,8-9H2,2H3. The molecule has 2 rings (SSSR count). The number of hydrogen-bond acceptors (Lipinski definition) is 5. The first-order valence-corrected chi connectivity index (χ1v) is 6.53. The molecule has 20 heavy (non-hydrogen) atoms. The van der Waals surface area contributed by atoms with E-state index in [9.17, 15) is 5.11 Å². The fourth-order valence-electron chi connectivity index (χ4n) is 1.54. The van der Waals surface area contributed by atoms with Gasteiger partial charge in [0, 0.05) is 17.1 Å². The lowest BCUT2D eigenvalue weighted by Gasteiger charge is -2.17. The highest BCUT2D eigenvalue weighted by atomic mass is 35.5. The highest BCUT2D eigenvalue weighted by molar-refractivity contribution is 6.30. The Labute approximate surface area is 122 Å². The first kappa shape index (κ1) is 14.7. The Morgan fingerprint density at radius 3 is 2.80 bits per heavy atom. The van der Waals surface area contributed by atoms with Crippen LogP contribution < -0.4 is 5.32 Å². The van der Waals surface area contributed by atoms with Crippen molar-refractivity contribution in [1.82, 2.24) is 15.5 Å². The molecule has 0 radical (unpaired) electrons. The fourth-order valence-corrected chi connectivity index (χ4v) is 1.66. The van der Waals surface area contributed by atoms with E-state index in [2.05, 4.69) is 22.0 Å². The predicted octanol–water partition coefficient (Wildman–Crippen LogP) is 2.42. The van der Waals surface area contributed by atoms with Gasteiger partial charge in [-0.15, -0.1) is 6.58 Å². The Morgan fingerprint density at radius 2 is 2.15 bits per heavy atom. The normalized spacial score (nSPS) is 13.9. The van der Waals surface area contributed by atoms with E-state index in [1.165, 1.54) is 6.08 Å². The summed E-state index contributed by atoms with van der Waals surface area (Å²) in [6, 6.07) is 7.19. The summed E-state index contributed by atoms with van der Waals surface area (Å²) in [6.07, 6.45) is 1.48. The first-order valence-electron chi connectivity index (χ1n) is 6.15. The summed E-state index contributed by atoms with van der Waals surface area (Å²) in [5.41, 5.74) is -0.124. The Kier molecular flexibility index (Phi) is 4.54. The van der Waals surface area contributed by atoms with Crippen LogP contribution in [0.1, 0.15) is 12.8 Å². The molecule has 0 saturated carbocycles. The molecule has 0 spiro atoms. The molecule has 1 atom stereocenters. The van der Waals surface area contributed by atoms with Gasteiger partial charge in [-0.3, -0.25) is 0 Å². The molecule has 106 valence electrons. The Bertz CT molecular complexity index is 578. The maximum Gasteiger partial charge on any atom is 0.240 e. The molecule has 0 aliphatic carbocycles. The summed E-state index contributed by atoms with van der Waals surface area (Å²) in [5, 5.41) is 17.3. The molecule has 0 bridgehead atoms. The molecule has 1 unspecified atom stereocenters. The molecule has 2 N–H and O–H groups in total. The Morgan fingerprint density at radius 1 is 1.45 bits per heavy atom. The third-order valence-corrected chi connectivity index (χ3v) is 3.02. The highest BCUT2D eigenvalue weighted by Crippen LogP contribution is 2.18. The summed E-state index contributed by atoms with van der Waals surface area (Å²) in [4.78, 5) is 4.26. The van der Waals surface area contributed by atoms with Crippen molar-refractivity contribution in [3.63, 3.8) is 0 Å². The Balaban J connectivity index is 1.96. The second-order valence-electron chi connectivity index (χ2n) is 4.68. The maximum atomic E-state index is 9.75. The smallest absolute Gasteiger partial charge is 0.240 e. The van der Waals surface area contributed by atoms with E-state index in [-0.39, 0.29) is 0 Å². The highest BCUT2D eigenvalue weighted by Gasteiger charge is 2.15. The zero-order valence-corrected chi connectivity index (χ0v) is 11.9. The van der Waals surface area contributed by atoms with E-state index in [1.54, 1.807) is 19.1 Å². The molecule has 0 amide bonds. The molecular formula is C14H16ClN3O2. The third kappa shape index (κ3) is 3.90. The van der Waals surface area contributed by atoms with Crippen LogP contribution in [0.4, 0.5) is 0 Å². The second kappa shape index (κ2) is 6.17. The maximum absolute atomic E-state index is 9.75. The van der Waals surface area contributed by atoms with Gasteiger partial charge in [-0.2, -0.15) is 4.98 Å². The fraction of sp³-hybridized carbons (Fsp3) is 0.286. The SMILES string of the molecule is C=CC(C)(O)CNCc1nc(-c2ccc(Cl)cc2)no1. The van der Waals surface area contributed by atoms with Gasteiger partial charge in [0.1, 0.15) is 0 Å². The van der Waals surface area contributed by atoms with Crippen molar-refractivity contribution in [2.24, 2.45) is 0 Å². The van der Waals surface area contributed by atoms with Gasteiger partial charge in [0.25, 0.3) is 0 Å². The topological polar surface area (TPSA) is 71.2 Å². The minimum atomic E-state index is -0.959. The lowest BCUT2D eigenvalue weighted by atomic mass is 10.1. The molecular weight excluding hydrogens is 278 g/mol. The number of hydrogen-bond donors (Lipinski definition) is 2. The zero-order chi connectivity index (χ0) is 14.6. The molecule has 6 heteroatoms. The lowest BCUT2D eigenvalue weighted by molar-refractivity contribution is 0.109. The number of rotatable bonds is 6. The van der Waals surface area contributed by atoms with Gasteiger partial charge in [-0.1, -0.05) is 22.8 Å². The van der Waals surface area contributed by atoms with Crippen molar-refractivity contribution in [3.8, 4) is 11.4 Å². The van der Waals surface area contributed by atoms with Crippen molar-refractivity contribution in [3.05, 3.63) is 47.8 Å². The summed E-state index contributed by atoms with van der Waals surface area (Å²) in [6.45, 7) is 5.96. The average molecular weight is 294 g/mol. The number of nitrogens with zero attached hydrogens (tertiary/aromatic N) is 2. The van der Waals surface area contributed by atoms with E-state index in [1.807, 2.05) is 12.1 Å². The van der Waals surface area contributed by atoms with E-state index in [0.29, 0.717) is 29.8 Å². The molecule has 1 heterocycles. The largest absolute Gasteiger partial charge is 0.385 e. The number of nitrogens with one attached hydrogen (secondary N) is 1. The van der Waals surface area contributed by atoms with E-state index < -0.39 is 5.60 Å². The minimum absolute atomic E-state index is 0.356. The van der Waals surface area contributed by atoms with Gasteiger partial charge >= 0.3 is 0 Å². The number of aliphatic hydroxyl groups is 1. The van der Waals surface area contributed by atoms with Crippen molar-refractivity contribution < 1.29 is 9.63 Å². The predicted molar refractivity (Wildman–Crippen MR) is 77.3 cm³/mol. The lowest BCUT2D eigenvalue weighted by Crippen LogP contribution is -2.35. The monoisotopic (exact) mass is 293 g/mol. The van der Waals surface area contributed by atoms with Gasteiger partial charge in [0.2, 0.25) is 11.7 Å². The minimum Gasteiger partial charge on any atom is -0.385 e. The van der Waals surface area contributed by atoms with Gasteiger partial charge in [0.05, 0.1) is 12.1 Å². The summed E-state index contributed by atoms with van der Waals surface area (Å²) in [5.74, 6) is 0.962. The number of halogens is 1. The molecule has 0 aliphatic rings. The summed E-state index contributed by atoms with van der Waals surface area (Å²) >= 11 is 5.82. The van der Waals surface area contributed by atoms with Crippen LogP contribution in [-0.2, 0) is 6.54 Å². The molecule has 0 saturated heterocycles. The van der Waals surface area contributed by atoms with E-state index in [4.69, 9.17) is 16.1 Å². The van der Waals surface area contributed by atoms with Crippen LogP contribution in [0.3, 0.4) is 0 Å². The van der Waals surface area contributed by atoms with Crippen LogP contribution >= 0.6 is 11.6 Å². The molecule has 0 fully saturated rings. The van der Waals surface area contributed by atoms with E-state index in [0.717, 1.165) is 5.56 Å². The van der Waals surface area contributed by atoms with Crippen LogP contribution in [0.2, 0.25) is 5.02 Å². The van der Waals surface area contributed by atoms with Crippen molar-refractivity contribution in [2.45, 2.75) is 19.1 Å². The van der Waals surface area contributed by atoms with Gasteiger partial charge in [0.15, 0.2) is 0 Å². The zero-order valence-electron chi connectivity index (χ0n) is 11.1. The second-order valence-corrected chi connectivity index (χ2v) is 5.12. The van der Waals surface area contributed by atoms with Gasteiger partial charge in [-0.25, -0.2) is 0 Å². The van der Waals surface area contributed by atoms with Crippen LogP contribution in [0.5, 0.6) is 0 Å². The van der Waals surface area contributed by atoms with Crippen molar-refractivity contribution >= 4 is 11.6 Å². The number of aromatic nitrogens is 2.